The van der Waals surface area contributed by atoms with E-state index in [9.17, 15) is 9.90 Å². The van der Waals surface area contributed by atoms with Crippen molar-refractivity contribution in [1.29, 1.82) is 0 Å². The van der Waals surface area contributed by atoms with Gasteiger partial charge in [-0.15, -0.1) is 0 Å². The van der Waals surface area contributed by atoms with Crippen molar-refractivity contribution in [2.75, 3.05) is 0 Å². The van der Waals surface area contributed by atoms with Gasteiger partial charge in [0.1, 0.15) is 5.60 Å². The monoisotopic (exact) mass is 246 g/mol. The lowest BCUT2D eigenvalue weighted by Gasteiger charge is -2.41. The number of carbonyl (C=O) groups is 1. The summed E-state index contributed by atoms with van der Waals surface area (Å²) in [4.78, 5) is 11.1. The van der Waals surface area contributed by atoms with Crippen molar-refractivity contribution in [2.45, 2.75) is 58.0 Å². The van der Waals surface area contributed by atoms with Crippen molar-refractivity contribution in [1.82, 2.24) is 0 Å². The number of hydrogen-bond acceptors (Lipinski definition) is 5. The van der Waals surface area contributed by atoms with Crippen molar-refractivity contribution < 1.29 is 24.9 Å². The van der Waals surface area contributed by atoms with Gasteiger partial charge in [0.2, 0.25) is 0 Å². The van der Waals surface area contributed by atoms with Crippen LogP contribution in [0.15, 0.2) is 0 Å². The Morgan fingerprint density at radius 1 is 1.41 bits per heavy atom. The molecule has 0 aromatic rings. The summed E-state index contributed by atoms with van der Waals surface area (Å²) in [5, 5.41) is 27.4. The summed E-state index contributed by atoms with van der Waals surface area (Å²) in [6, 6.07) is 0. The van der Waals surface area contributed by atoms with Crippen LogP contribution < -0.4 is 0 Å². The third-order valence-electron chi connectivity index (χ3n) is 3.56. The van der Waals surface area contributed by atoms with E-state index in [1.807, 2.05) is 0 Å². The molecule has 0 saturated heterocycles. The Hall–Kier alpha value is -0.650. The number of ether oxygens (including phenoxy) is 1. The van der Waals surface area contributed by atoms with Crippen LogP contribution in [0.25, 0.3) is 0 Å². The van der Waals surface area contributed by atoms with Crippen molar-refractivity contribution in [3.8, 4) is 0 Å². The average molecular weight is 246 g/mol. The molecule has 17 heavy (non-hydrogen) atoms. The first kappa shape index (κ1) is 14.4. The smallest absolute Gasteiger partial charge is 0.363 e. The van der Waals surface area contributed by atoms with Gasteiger partial charge in [0.25, 0.3) is 6.29 Å². The van der Waals surface area contributed by atoms with Gasteiger partial charge in [-0.1, -0.05) is 13.8 Å². The molecule has 5 nitrogen and oxygen atoms in total. The van der Waals surface area contributed by atoms with Crippen LogP contribution >= 0.6 is 0 Å². The molecule has 0 radical (unpaired) electrons. The van der Waals surface area contributed by atoms with E-state index >= 15 is 0 Å². The van der Waals surface area contributed by atoms with Gasteiger partial charge in [-0.2, -0.15) is 0 Å². The molecule has 0 aliphatic heterocycles. The third kappa shape index (κ3) is 3.66. The Balaban J connectivity index is 2.60. The van der Waals surface area contributed by atoms with Crippen LogP contribution in [0.1, 0.15) is 40.0 Å². The van der Waals surface area contributed by atoms with Crippen LogP contribution in [0.4, 0.5) is 0 Å². The zero-order chi connectivity index (χ0) is 13.2. The van der Waals surface area contributed by atoms with E-state index in [4.69, 9.17) is 14.9 Å². The summed E-state index contributed by atoms with van der Waals surface area (Å²) in [5.74, 6) is -0.461. The Morgan fingerprint density at radius 2 is 2.00 bits per heavy atom. The molecule has 5 heteroatoms. The van der Waals surface area contributed by atoms with Crippen LogP contribution in [0.3, 0.4) is 0 Å². The summed E-state index contributed by atoms with van der Waals surface area (Å²) in [6.45, 7) is 5.83. The van der Waals surface area contributed by atoms with E-state index in [1.54, 1.807) is 6.92 Å². The molecular weight excluding hydrogens is 224 g/mol. The standard InChI is InChI=1S/C12H22O5/c1-7(2)8-4-5-12(3,6-9(8)13)17-11(16)10(14)15/h7-10,13-15H,4-6H2,1-3H3/t8-,9+,12+/m0/s1. The van der Waals surface area contributed by atoms with Gasteiger partial charge in [-0.3, -0.25) is 0 Å². The maximum absolute atomic E-state index is 11.1. The second-order valence-electron chi connectivity index (χ2n) is 5.46. The molecular formula is C12H22O5. The molecule has 0 spiro atoms. The highest BCUT2D eigenvalue weighted by atomic mass is 16.6. The highest BCUT2D eigenvalue weighted by Crippen LogP contribution is 2.38. The number of carbonyl (C=O) groups excluding carboxylic acids is 1. The molecule has 3 N–H and O–H groups in total. The van der Waals surface area contributed by atoms with Crippen LogP contribution in [-0.2, 0) is 9.53 Å². The zero-order valence-electron chi connectivity index (χ0n) is 10.6. The normalized spacial score (nSPS) is 34.1. The minimum atomic E-state index is -2.10. The predicted molar refractivity (Wildman–Crippen MR) is 60.9 cm³/mol. The summed E-state index contributed by atoms with van der Waals surface area (Å²) in [7, 11) is 0. The molecule has 0 amide bonds. The molecule has 1 rings (SSSR count). The van der Waals surface area contributed by atoms with Gasteiger partial charge in [0.05, 0.1) is 6.10 Å². The van der Waals surface area contributed by atoms with Crippen LogP contribution in [0.5, 0.6) is 0 Å². The first-order chi connectivity index (χ1) is 7.75. The summed E-state index contributed by atoms with van der Waals surface area (Å²) in [5.41, 5.74) is -0.800. The molecule has 0 unspecified atom stereocenters. The molecule has 1 aliphatic carbocycles. The fourth-order valence-corrected chi connectivity index (χ4v) is 2.53. The molecule has 1 aliphatic rings. The molecule has 100 valence electrons. The molecule has 0 aromatic carbocycles. The highest BCUT2D eigenvalue weighted by Gasteiger charge is 2.41. The predicted octanol–water partition coefficient (Wildman–Crippen LogP) is 0.416. The molecule has 0 heterocycles. The largest absolute Gasteiger partial charge is 0.456 e. The first-order valence-corrected chi connectivity index (χ1v) is 6.02. The van der Waals surface area contributed by atoms with Gasteiger partial charge in [0.15, 0.2) is 0 Å². The van der Waals surface area contributed by atoms with Crippen molar-refractivity contribution in [3.05, 3.63) is 0 Å². The summed E-state index contributed by atoms with van der Waals surface area (Å²) < 4.78 is 5.04. The average Bonchev–Trinajstić information content (AvgIpc) is 2.15. The topological polar surface area (TPSA) is 87.0 Å². The molecule has 0 bridgehead atoms. The van der Waals surface area contributed by atoms with E-state index in [0.717, 1.165) is 6.42 Å². The second kappa shape index (κ2) is 5.33. The SMILES string of the molecule is CC(C)[C@@H]1CC[C@@](C)(OC(=O)C(O)O)C[C@H]1O. The lowest BCUT2D eigenvalue weighted by Crippen LogP contribution is -2.46. The number of rotatable bonds is 3. The van der Waals surface area contributed by atoms with Crippen molar-refractivity contribution in [3.63, 3.8) is 0 Å². The fraction of sp³-hybridized carbons (Fsp3) is 0.917. The van der Waals surface area contributed by atoms with Crippen molar-refractivity contribution >= 4 is 5.97 Å². The molecule has 1 fully saturated rings. The maximum atomic E-state index is 11.1. The van der Waals surface area contributed by atoms with E-state index in [0.29, 0.717) is 18.8 Å². The number of aliphatic hydroxyl groups is 3. The van der Waals surface area contributed by atoms with E-state index in [2.05, 4.69) is 13.8 Å². The van der Waals surface area contributed by atoms with Crippen molar-refractivity contribution in [2.24, 2.45) is 11.8 Å². The first-order valence-electron chi connectivity index (χ1n) is 6.02. The van der Waals surface area contributed by atoms with E-state index < -0.39 is 24.0 Å². The quantitative estimate of drug-likeness (QED) is 0.496. The molecule has 1 saturated carbocycles. The minimum absolute atomic E-state index is 0.209. The number of hydrogen-bond donors (Lipinski definition) is 3. The van der Waals surface area contributed by atoms with Crippen LogP contribution in [-0.4, -0.2) is 39.3 Å². The lowest BCUT2D eigenvalue weighted by atomic mass is 9.73. The van der Waals surface area contributed by atoms with E-state index in [-0.39, 0.29) is 5.92 Å². The number of aliphatic hydroxyl groups excluding tert-OH is 2. The zero-order valence-corrected chi connectivity index (χ0v) is 10.6. The molecule has 0 aromatic heterocycles. The Bertz CT molecular complexity index is 276. The van der Waals surface area contributed by atoms with Gasteiger partial charge < -0.3 is 20.1 Å². The van der Waals surface area contributed by atoms with Gasteiger partial charge in [-0.25, -0.2) is 4.79 Å². The highest BCUT2D eigenvalue weighted by molar-refractivity contribution is 5.73. The Kier molecular flexibility index (Phi) is 4.52. The number of esters is 1. The van der Waals surface area contributed by atoms with Gasteiger partial charge in [0, 0.05) is 6.42 Å². The summed E-state index contributed by atoms with van der Waals surface area (Å²) >= 11 is 0. The third-order valence-corrected chi connectivity index (χ3v) is 3.56. The van der Waals surface area contributed by atoms with E-state index in [1.165, 1.54) is 0 Å². The van der Waals surface area contributed by atoms with Gasteiger partial charge in [-0.05, 0) is 31.6 Å². The van der Waals surface area contributed by atoms with Crippen LogP contribution in [0.2, 0.25) is 0 Å². The molecule has 3 atom stereocenters. The second-order valence-corrected chi connectivity index (χ2v) is 5.46. The Morgan fingerprint density at radius 3 is 2.41 bits per heavy atom. The maximum Gasteiger partial charge on any atom is 0.363 e. The fourth-order valence-electron chi connectivity index (χ4n) is 2.53. The minimum Gasteiger partial charge on any atom is -0.456 e. The van der Waals surface area contributed by atoms with Crippen LogP contribution in [0, 0.1) is 11.8 Å². The summed E-state index contributed by atoms with van der Waals surface area (Å²) in [6.07, 6.45) is -0.881. The Labute approximate surface area is 101 Å². The lowest BCUT2D eigenvalue weighted by molar-refractivity contribution is -0.195. The van der Waals surface area contributed by atoms with Gasteiger partial charge >= 0.3 is 5.97 Å².